The minimum Gasteiger partial charge on any atom is -0.488 e. The molecule has 1 aromatic carbocycles. The van der Waals surface area contributed by atoms with Crippen LogP contribution in [0.3, 0.4) is 0 Å². The molecule has 2 atom stereocenters. The number of rotatable bonds is 2. The lowest BCUT2D eigenvalue weighted by Crippen LogP contribution is -2.27. The predicted molar refractivity (Wildman–Crippen MR) is 79.3 cm³/mol. The van der Waals surface area contributed by atoms with E-state index >= 15 is 0 Å². The average molecular weight is 274 g/mol. The summed E-state index contributed by atoms with van der Waals surface area (Å²) in [6.07, 6.45) is 3.89. The number of nitrogens with zero attached hydrogens (tertiary/aromatic N) is 1. The lowest BCUT2D eigenvalue weighted by atomic mass is 10.0. The molecular formula is C16H22N2O2. The van der Waals surface area contributed by atoms with Gasteiger partial charge in [0.2, 0.25) is 5.91 Å². The summed E-state index contributed by atoms with van der Waals surface area (Å²) in [5.74, 6) is 0.932. The first-order valence-electron chi connectivity index (χ1n) is 7.43. The van der Waals surface area contributed by atoms with Gasteiger partial charge in [-0.3, -0.25) is 4.79 Å². The van der Waals surface area contributed by atoms with Crippen molar-refractivity contribution in [1.29, 1.82) is 0 Å². The lowest BCUT2D eigenvalue weighted by molar-refractivity contribution is -0.119. The fourth-order valence-corrected chi connectivity index (χ4v) is 3.04. The van der Waals surface area contributed by atoms with Gasteiger partial charge < -0.3 is 15.0 Å². The molecule has 0 radical (unpaired) electrons. The fraction of sp³-hybridized carbons (Fsp3) is 0.562. The first-order valence-corrected chi connectivity index (χ1v) is 7.43. The van der Waals surface area contributed by atoms with Crippen LogP contribution in [0, 0.1) is 0 Å². The van der Waals surface area contributed by atoms with Crippen molar-refractivity contribution in [2.75, 3.05) is 18.5 Å². The summed E-state index contributed by atoms with van der Waals surface area (Å²) in [7, 11) is 1.83. The van der Waals surface area contributed by atoms with Crippen LogP contribution in [0.5, 0.6) is 5.75 Å². The summed E-state index contributed by atoms with van der Waals surface area (Å²) in [4.78, 5) is 13.8. The zero-order valence-electron chi connectivity index (χ0n) is 12.2. The molecular weight excluding hydrogens is 252 g/mol. The van der Waals surface area contributed by atoms with E-state index in [0.29, 0.717) is 12.5 Å². The molecule has 2 heterocycles. The van der Waals surface area contributed by atoms with E-state index in [1.165, 1.54) is 18.4 Å². The Kier molecular flexibility index (Phi) is 3.66. The molecule has 0 spiro atoms. The highest BCUT2D eigenvalue weighted by atomic mass is 16.5. The van der Waals surface area contributed by atoms with Gasteiger partial charge >= 0.3 is 0 Å². The van der Waals surface area contributed by atoms with E-state index < -0.39 is 0 Å². The van der Waals surface area contributed by atoms with Gasteiger partial charge in [-0.1, -0.05) is 6.07 Å². The monoisotopic (exact) mass is 274 g/mol. The van der Waals surface area contributed by atoms with Crippen molar-refractivity contribution in [2.24, 2.45) is 0 Å². The zero-order chi connectivity index (χ0) is 14.1. The molecule has 1 N–H and O–H groups in total. The topological polar surface area (TPSA) is 41.6 Å². The van der Waals surface area contributed by atoms with Gasteiger partial charge in [0.25, 0.3) is 0 Å². The molecule has 0 saturated carbocycles. The molecule has 108 valence electrons. The third kappa shape index (κ3) is 2.66. The number of carbonyl (C=O) groups is 1. The molecule has 0 aliphatic carbocycles. The highest BCUT2D eigenvalue weighted by Gasteiger charge is 2.25. The smallest absolute Gasteiger partial charge is 0.230 e. The minimum absolute atomic E-state index is 0.0615. The van der Waals surface area contributed by atoms with Crippen molar-refractivity contribution in [3.05, 3.63) is 23.8 Å². The van der Waals surface area contributed by atoms with E-state index in [1.54, 1.807) is 4.90 Å². The highest BCUT2D eigenvalue weighted by molar-refractivity contribution is 5.95. The number of hydrogen-bond acceptors (Lipinski definition) is 3. The Morgan fingerprint density at radius 2 is 2.30 bits per heavy atom. The lowest BCUT2D eigenvalue weighted by Gasteiger charge is -2.18. The zero-order valence-corrected chi connectivity index (χ0v) is 12.2. The van der Waals surface area contributed by atoms with Gasteiger partial charge in [-0.2, -0.15) is 0 Å². The van der Waals surface area contributed by atoms with E-state index in [0.717, 1.165) is 24.4 Å². The Balaban J connectivity index is 1.86. The first-order chi connectivity index (χ1) is 9.63. The van der Waals surface area contributed by atoms with Crippen LogP contribution in [0.4, 0.5) is 5.69 Å². The fourth-order valence-electron chi connectivity index (χ4n) is 3.04. The molecule has 1 amide bonds. The number of amides is 1. The molecule has 1 fully saturated rings. The molecule has 0 aromatic heterocycles. The maximum atomic E-state index is 12.1. The van der Waals surface area contributed by atoms with E-state index in [9.17, 15) is 4.79 Å². The molecule has 0 bridgehead atoms. The Morgan fingerprint density at radius 3 is 3.05 bits per heavy atom. The van der Waals surface area contributed by atoms with E-state index in [2.05, 4.69) is 17.4 Å². The summed E-state index contributed by atoms with van der Waals surface area (Å²) in [6.45, 7) is 3.06. The summed E-state index contributed by atoms with van der Waals surface area (Å²) in [6, 6.07) is 6.80. The van der Waals surface area contributed by atoms with Crippen molar-refractivity contribution < 1.29 is 9.53 Å². The van der Waals surface area contributed by atoms with Gasteiger partial charge in [0.05, 0.1) is 12.1 Å². The second kappa shape index (κ2) is 5.44. The largest absolute Gasteiger partial charge is 0.488 e. The second-order valence-corrected chi connectivity index (χ2v) is 5.88. The average Bonchev–Trinajstić information content (AvgIpc) is 2.88. The Labute approximate surface area is 120 Å². The summed E-state index contributed by atoms with van der Waals surface area (Å²) in [5, 5.41) is 3.51. The quantitative estimate of drug-likeness (QED) is 0.898. The molecule has 20 heavy (non-hydrogen) atoms. The van der Waals surface area contributed by atoms with Crippen molar-refractivity contribution in [2.45, 2.75) is 44.8 Å². The molecule has 1 aromatic rings. The number of fused-ring (bicyclic) bond motifs is 1. The van der Waals surface area contributed by atoms with Crippen LogP contribution >= 0.6 is 0 Å². The van der Waals surface area contributed by atoms with Crippen molar-refractivity contribution in [3.63, 3.8) is 0 Å². The standard InChI is InChI=1S/C16H22N2O2/c1-11-8-16(19)18(2)14-10-12(5-6-15(14)20-11)9-13-4-3-7-17-13/h5-6,10-11,13,17H,3-4,7-9H2,1-2H3. The van der Waals surface area contributed by atoms with Gasteiger partial charge in [0.15, 0.2) is 0 Å². The van der Waals surface area contributed by atoms with E-state index in [4.69, 9.17) is 4.74 Å². The molecule has 1 saturated heterocycles. The number of nitrogens with one attached hydrogen (secondary N) is 1. The van der Waals surface area contributed by atoms with Crippen molar-refractivity contribution in [1.82, 2.24) is 5.32 Å². The van der Waals surface area contributed by atoms with Gasteiger partial charge in [-0.15, -0.1) is 0 Å². The van der Waals surface area contributed by atoms with Crippen LogP contribution in [-0.4, -0.2) is 31.6 Å². The van der Waals surface area contributed by atoms with Gasteiger partial charge in [0.1, 0.15) is 11.9 Å². The SMILES string of the molecule is CC1CC(=O)N(C)c2cc(CC3CCCN3)ccc2O1. The molecule has 2 aliphatic rings. The summed E-state index contributed by atoms with van der Waals surface area (Å²) in [5.41, 5.74) is 2.16. The molecule has 2 aliphatic heterocycles. The normalized spacial score (nSPS) is 26.1. The first kappa shape index (κ1) is 13.4. The predicted octanol–water partition coefficient (Wildman–Crippen LogP) is 2.11. The Hall–Kier alpha value is -1.55. The van der Waals surface area contributed by atoms with Crippen LogP contribution < -0.4 is 15.0 Å². The maximum Gasteiger partial charge on any atom is 0.230 e. The van der Waals surface area contributed by atoms with Gasteiger partial charge in [-0.25, -0.2) is 0 Å². The third-order valence-corrected chi connectivity index (χ3v) is 4.19. The molecule has 4 nitrogen and oxygen atoms in total. The minimum atomic E-state index is -0.0615. The number of ether oxygens (including phenoxy) is 1. The van der Waals surface area contributed by atoms with Crippen LogP contribution in [0.15, 0.2) is 18.2 Å². The highest BCUT2D eigenvalue weighted by Crippen LogP contribution is 2.33. The van der Waals surface area contributed by atoms with Crippen molar-refractivity contribution in [3.8, 4) is 5.75 Å². The Morgan fingerprint density at radius 1 is 1.45 bits per heavy atom. The third-order valence-electron chi connectivity index (χ3n) is 4.19. The van der Waals surface area contributed by atoms with Gasteiger partial charge in [0, 0.05) is 13.1 Å². The second-order valence-electron chi connectivity index (χ2n) is 5.88. The number of carbonyl (C=O) groups excluding carboxylic acids is 1. The number of hydrogen-bond donors (Lipinski definition) is 1. The molecule has 4 heteroatoms. The number of anilines is 1. The van der Waals surface area contributed by atoms with Crippen LogP contribution in [0.25, 0.3) is 0 Å². The van der Waals surface area contributed by atoms with E-state index in [1.807, 2.05) is 20.0 Å². The Bertz CT molecular complexity index is 509. The van der Waals surface area contributed by atoms with Crippen LogP contribution in [0.2, 0.25) is 0 Å². The van der Waals surface area contributed by atoms with Crippen molar-refractivity contribution >= 4 is 11.6 Å². The molecule has 3 rings (SSSR count). The summed E-state index contributed by atoms with van der Waals surface area (Å²) >= 11 is 0. The molecule has 2 unspecified atom stereocenters. The van der Waals surface area contributed by atoms with E-state index in [-0.39, 0.29) is 12.0 Å². The maximum absolute atomic E-state index is 12.1. The van der Waals surface area contributed by atoms with Gasteiger partial charge in [-0.05, 0) is 50.4 Å². The van der Waals surface area contributed by atoms with Crippen LogP contribution in [-0.2, 0) is 11.2 Å². The van der Waals surface area contributed by atoms with Crippen LogP contribution in [0.1, 0.15) is 31.7 Å². The summed E-state index contributed by atoms with van der Waals surface area (Å²) < 4.78 is 5.84. The number of benzene rings is 1.